The topological polar surface area (TPSA) is 57.0 Å². The molecule has 2 aromatic carbocycles. The van der Waals surface area contributed by atoms with E-state index < -0.39 is 0 Å². The van der Waals surface area contributed by atoms with E-state index in [2.05, 4.69) is 10.2 Å². The molecule has 0 N–H and O–H groups in total. The molecule has 26 heavy (non-hydrogen) atoms. The number of hydrogen-bond acceptors (Lipinski definition) is 5. The van der Waals surface area contributed by atoms with Crippen LogP contribution in [0, 0.1) is 5.82 Å². The molecule has 0 fully saturated rings. The molecule has 0 spiro atoms. The minimum atomic E-state index is -0.311. The number of aromatic nitrogens is 3. The first kappa shape index (κ1) is 18.4. The number of ketones is 1. The summed E-state index contributed by atoms with van der Waals surface area (Å²) < 4.78 is 19.9. The third-order valence-corrected chi connectivity index (χ3v) is 5.06. The van der Waals surface area contributed by atoms with Crippen molar-refractivity contribution in [3.63, 3.8) is 0 Å². The summed E-state index contributed by atoms with van der Waals surface area (Å²) in [6.07, 6.45) is 0. The van der Waals surface area contributed by atoms with Gasteiger partial charge in [0.2, 0.25) is 0 Å². The van der Waals surface area contributed by atoms with Crippen molar-refractivity contribution < 1.29 is 13.9 Å². The van der Waals surface area contributed by atoms with Crippen molar-refractivity contribution in [3.8, 4) is 17.1 Å². The van der Waals surface area contributed by atoms with E-state index in [9.17, 15) is 9.18 Å². The minimum absolute atomic E-state index is 0.0779. The predicted octanol–water partition coefficient (Wildman–Crippen LogP) is 4.26. The Labute approximate surface area is 159 Å². The van der Waals surface area contributed by atoms with Crippen molar-refractivity contribution in [2.45, 2.75) is 5.16 Å². The van der Waals surface area contributed by atoms with Crippen LogP contribution < -0.4 is 4.74 Å². The van der Waals surface area contributed by atoms with Gasteiger partial charge < -0.3 is 9.30 Å². The zero-order valence-electron chi connectivity index (χ0n) is 14.1. The summed E-state index contributed by atoms with van der Waals surface area (Å²) in [5, 5.41) is 9.22. The number of hydrogen-bond donors (Lipinski definition) is 0. The molecular weight excluding hydrogens is 377 g/mol. The van der Waals surface area contributed by atoms with Gasteiger partial charge in [0, 0.05) is 18.2 Å². The number of halogens is 2. The minimum Gasteiger partial charge on any atom is -0.495 e. The van der Waals surface area contributed by atoms with Crippen LogP contribution in [-0.2, 0) is 7.05 Å². The Kier molecular flexibility index (Phi) is 5.58. The van der Waals surface area contributed by atoms with Gasteiger partial charge in [-0.25, -0.2) is 4.39 Å². The standard InChI is InChI=1S/C18H15ClFN3O2S/c1-23-17(11-3-6-13(20)7-4-11)21-22-18(23)26-10-15(24)12-5-8-16(25-2)14(19)9-12/h3-9H,10H2,1-2H3. The number of ether oxygens (including phenoxy) is 1. The molecule has 0 aliphatic heterocycles. The second kappa shape index (κ2) is 7.88. The molecule has 0 atom stereocenters. The van der Waals surface area contributed by atoms with Crippen LogP contribution in [0.1, 0.15) is 10.4 Å². The van der Waals surface area contributed by atoms with Crippen molar-refractivity contribution in [2.75, 3.05) is 12.9 Å². The fourth-order valence-electron chi connectivity index (χ4n) is 2.34. The van der Waals surface area contributed by atoms with E-state index in [0.717, 1.165) is 5.56 Å². The van der Waals surface area contributed by atoms with E-state index in [1.54, 1.807) is 41.9 Å². The summed E-state index contributed by atoms with van der Waals surface area (Å²) >= 11 is 7.34. The van der Waals surface area contributed by atoms with Crippen molar-refractivity contribution in [3.05, 3.63) is 58.9 Å². The lowest BCUT2D eigenvalue weighted by molar-refractivity contribution is 0.102. The SMILES string of the molecule is COc1ccc(C(=O)CSc2nnc(-c3ccc(F)cc3)n2C)cc1Cl. The van der Waals surface area contributed by atoms with Crippen molar-refractivity contribution in [1.82, 2.24) is 14.8 Å². The first-order valence-corrected chi connectivity index (χ1v) is 9.01. The number of thioether (sulfide) groups is 1. The molecule has 134 valence electrons. The lowest BCUT2D eigenvalue weighted by Gasteiger charge is -2.06. The highest BCUT2D eigenvalue weighted by molar-refractivity contribution is 7.99. The van der Waals surface area contributed by atoms with Gasteiger partial charge in [-0.3, -0.25) is 4.79 Å². The molecule has 0 bridgehead atoms. The largest absolute Gasteiger partial charge is 0.495 e. The summed E-state index contributed by atoms with van der Waals surface area (Å²) in [5.41, 5.74) is 1.26. The molecule has 0 aliphatic rings. The van der Waals surface area contributed by atoms with E-state index in [1.165, 1.54) is 31.0 Å². The van der Waals surface area contributed by atoms with Gasteiger partial charge in [-0.1, -0.05) is 23.4 Å². The molecule has 8 heteroatoms. The Bertz CT molecular complexity index is 944. The van der Waals surface area contributed by atoms with Crippen LogP contribution in [0.4, 0.5) is 4.39 Å². The average molecular weight is 392 g/mol. The Morgan fingerprint density at radius 1 is 1.23 bits per heavy atom. The fourth-order valence-corrected chi connectivity index (χ4v) is 3.41. The van der Waals surface area contributed by atoms with Crippen LogP contribution in [0.5, 0.6) is 5.75 Å². The molecule has 0 radical (unpaired) electrons. The first-order chi connectivity index (χ1) is 12.5. The van der Waals surface area contributed by atoms with Gasteiger partial charge in [0.1, 0.15) is 11.6 Å². The highest BCUT2D eigenvalue weighted by Crippen LogP contribution is 2.27. The first-order valence-electron chi connectivity index (χ1n) is 7.64. The molecule has 1 heterocycles. The summed E-state index contributed by atoms with van der Waals surface area (Å²) in [4.78, 5) is 12.4. The smallest absolute Gasteiger partial charge is 0.191 e. The Morgan fingerprint density at radius 3 is 2.62 bits per heavy atom. The molecule has 0 saturated carbocycles. The molecule has 1 aromatic heterocycles. The van der Waals surface area contributed by atoms with E-state index in [0.29, 0.717) is 27.3 Å². The van der Waals surface area contributed by atoms with Gasteiger partial charge >= 0.3 is 0 Å². The molecule has 0 aliphatic carbocycles. The maximum atomic E-state index is 13.1. The number of methoxy groups -OCH3 is 1. The fraction of sp³-hybridized carbons (Fsp3) is 0.167. The Morgan fingerprint density at radius 2 is 1.96 bits per heavy atom. The van der Waals surface area contributed by atoms with Gasteiger partial charge in [-0.2, -0.15) is 0 Å². The number of carbonyl (C=O) groups is 1. The summed E-state index contributed by atoms with van der Waals surface area (Å²) in [7, 11) is 3.32. The lowest BCUT2D eigenvalue weighted by atomic mass is 10.1. The van der Waals surface area contributed by atoms with Gasteiger partial charge in [0.05, 0.1) is 17.9 Å². The van der Waals surface area contributed by atoms with E-state index >= 15 is 0 Å². The summed E-state index contributed by atoms with van der Waals surface area (Å²) in [6.45, 7) is 0. The molecular formula is C18H15ClFN3O2S. The molecule has 3 aromatic rings. The second-order valence-electron chi connectivity index (χ2n) is 5.43. The summed E-state index contributed by atoms with van der Waals surface area (Å²) in [5.74, 6) is 0.929. The molecule has 0 amide bonds. The number of carbonyl (C=O) groups excluding carboxylic acids is 1. The highest BCUT2D eigenvalue weighted by atomic mass is 35.5. The zero-order valence-corrected chi connectivity index (χ0v) is 15.6. The van der Waals surface area contributed by atoms with Crippen LogP contribution in [0.25, 0.3) is 11.4 Å². The Hall–Kier alpha value is -2.38. The van der Waals surface area contributed by atoms with Crippen LogP contribution >= 0.6 is 23.4 Å². The van der Waals surface area contributed by atoms with Crippen LogP contribution in [-0.4, -0.2) is 33.4 Å². The monoisotopic (exact) mass is 391 g/mol. The highest BCUT2D eigenvalue weighted by Gasteiger charge is 2.15. The van der Waals surface area contributed by atoms with Crippen molar-refractivity contribution in [2.24, 2.45) is 7.05 Å². The average Bonchev–Trinajstić information content (AvgIpc) is 3.01. The third-order valence-electron chi connectivity index (χ3n) is 3.74. The van der Waals surface area contributed by atoms with E-state index in [-0.39, 0.29) is 17.4 Å². The van der Waals surface area contributed by atoms with Gasteiger partial charge in [-0.15, -0.1) is 10.2 Å². The summed E-state index contributed by atoms with van der Waals surface area (Å²) in [6, 6.07) is 10.9. The maximum Gasteiger partial charge on any atom is 0.191 e. The van der Waals surface area contributed by atoms with E-state index in [4.69, 9.17) is 16.3 Å². The predicted molar refractivity (Wildman–Crippen MR) is 99.5 cm³/mol. The Balaban J connectivity index is 1.71. The number of rotatable bonds is 6. The van der Waals surface area contributed by atoms with Crippen molar-refractivity contribution in [1.29, 1.82) is 0 Å². The van der Waals surface area contributed by atoms with Crippen LogP contribution in [0.15, 0.2) is 47.6 Å². The van der Waals surface area contributed by atoms with Crippen LogP contribution in [0.2, 0.25) is 5.02 Å². The van der Waals surface area contributed by atoms with Gasteiger partial charge in [0.25, 0.3) is 0 Å². The zero-order chi connectivity index (χ0) is 18.7. The maximum absolute atomic E-state index is 13.1. The third kappa shape index (κ3) is 3.89. The molecule has 0 unspecified atom stereocenters. The molecule has 3 rings (SSSR count). The number of Topliss-reactive ketones (excluding diaryl/α,β-unsaturated/α-hetero) is 1. The lowest BCUT2D eigenvalue weighted by Crippen LogP contribution is -2.04. The quantitative estimate of drug-likeness (QED) is 0.464. The number of benzene rings is 2. The van der Waals surface area contributed by atoms with E-state index in [1.807, 2.05) is 0 Å². The van der Waals surface area contributed by atoms with Crippen LogP contribution in [0.3, 0.4) is 0 Å². The van der Waals surface area contributed by atoms with Gasteiger partial charge in [0.15, 0.2) is 16.8 Å². The second-order valence-corrected chi connectivity index (χ2v) is 6.78. The number of nitrogens with zero attached hydrogens (tertiary/aromatic N) is 3. The normalized spacial score (nSPS) is 10.8. The van der Waals surface area contributed by atoms with Gasteiger partial charge in [-0.05, 0) is 42.5 Å². The molecule has 0 saturated heterocycles. The molecule has 5 nitrogen and oxygen atoms in total. The van der Waals surface area contributed by atoms with Crippen molar-refractivity contribution >= 4 is 29.1 Å².